The van der Waals surface area contributed by atoms with Crippen LogP contribution >= 0.6 is 23.4 Å². The first-order valence-corrected chi connectivity index (χ1v) is 11.8. The van der Waals surface area contributed by atoms with Gasteiger partial charge in [-0.3, -0.25) is 14.9 Å². The number of carbonyl (C=O) groups is 2. The van der Waals surface area contributed by atoms with Gasteiger partial charge < -0.3 is 10.6 Å². The van der Waals surface area contributed by atoms with E-state index in [0.717, 1.165) is 11.8 Å². The molecule has 160 valence electrons. The first kappa shape index (κ1) is 22.5. The molecule has 0 aromatic heterocycles. The third-order valence-electron chi connectivity index (χ3n) is 4.41. The van der Waals surface area contributed by atoms with E-state index in [-0.39, 0.29) is 23.1 Å². The molecule has 1 aliphatic rings. The SMILES string of the molecule is Cc1ccc(NC(=O)CSC2NCC(S(=O)(=O)c3ccc(Cl)cc3)C(=O)N2)cc1F. The van der Waals surface area contributed by atoms with Gasteiger partial charge in [-0.1, -0.05) is 17.7 Å². The molecule has 2 aromatic rings. The second-order valence-electron chi connectivity index (χ2n) is 6.61. The Morgan fingerprint density at radius 2 is 1.97 bits per heavy atom. The maximum absolute atomic E-state index is 13.6. The molecule has 3 N–H and O–H groups in total. The third kappa shape index (κ3) is 5.31. The average molecular weight is 472 g/mol. The minimum absolute atomic E-state index is 0.00432. The van der Waals surface area contributed by atoms with E-state index in [1.165, 1.54) is 30.3 Å². The predicted molar refractivity (Wildman–Crippen MR) is 115 cm³/mol. The van der Waals surface area contributed by atoms with Crippen LogP contribution in [0.1, 0.15) is 5.56 Å². The smallest absolute Gasteiger partial charge is 0.241 e. The van der Waals surface area contributed by atoms with Crippen LogP contribution < -0.4 is 16.0 Å². The fourth-order valence-electron chi connectivity index (χ4n) is 2.75. The topological polar surface area (TPSA) is 104 Å². The lowest BCUT2D eigenvalue weighted by molar-refractivity contribution is -0.122. The van der Waals surface area contributed by atoms with Crippen LogP contribution in [0.4, 0.5) is 10.1 Å². The number of anilines is 1. The number of benzene rings is 2. The number of amides is 2. The highest BCUT2D eigenvalue weighted by atomic mass is 35.5. The minimum atomic E-state index is -3.89. The van der Waals surface area contributed by atoms with Crippen molar-refractivity contribution in [3.8, 4) is 0 Å². The molecule has 0 saturated carbocycles. The first-order chi connectivity index (χ1) is 14.2. The zero-order valence-corrected chi connectivity index (χ0v) is 18.2. The standard InChI is InChI=1S/C19H19ClFN3O4S2/c1-11-2-5-13(8-15(11)21)23-17(25)10-29-19-22-9-16(18(26)24-19)30(27,28)14-6-3-12(20)4-7-14/h2-8,16,19,22H,9-10H2,1H3,(H,23,25)(H,24,26). The molecule has 2 unspecified atom stereocenters. The van der Waals surface area contributed by atoms with E-state index in [2.05, 4.69) is 16.0 Å². The summed E-state index contributed by atoms with van der Waals surface area (Å²) in [7, 11) is -3.89. The van der Waals surface area contributed by atoms with E-state index < -0.39 is 32.3 Å². The van der Waals surface area contributed by atoms with E-state index in [1.54, 1.807) is 19.1 Å². The van der Waals surface area contributed by atoms with Crippen molar-refractivity contribution in [2.75, 3.05) is 17.6 Å². The minimum Gasteiger partial charge on any atom is -0.331 e. The molecule has 30 heavy (non-hydrogen) atoms. The van der Waals surface area contributed by atoms with Gasteiger partial charge in [0, 0.05) is 17.3 Å². The Bertz CT molecular complexity index is 1060. The number of thioether (sulfide) groups is 1. The number of hydrogen-bond acceptors (Lipinski definition) is 6. The van der Waals surface area contributed by atoms with Crippen LogP contribution in [-0.2, 0) is 19.4 Å². The quantitative estimate of drug-likeness (QED) is 0.597. The molecule has 2 amide bonds. The lowest BCUT2D eigenvalue weighted by atomic mass is 10.2. The van der Waals surface area contributed by atoms with E-state index in [4.69, 9.17) is 11.6 Å². The zero-order valence-electron chi connectivity index (χ0n) is 15.8. The fraction of sp³-hybridized carbons (Fsp3) is 0.263. The Morgan fingerprint density at radius 1 is 1.27 bits per heavy atom. The molecule has 0 radical (unpaired) electrons. The molecule has 0 spiro atoms. The largest absolute Gasteiger partial charge is 0.331 e. The lowest BCUT2D eigenvalue weighted by Crippen LogP contribution is -2.59. The van der Waals surface area contributed by atoms with E-state index in [0.29, 0.717) is 16.3 Å². The van der Waals surface area contributed by atoms with Crippen molar-refractivity contribution < 1.29 is 22.4 Å². The Balaban J connectivity index is 1.54. The Labute approximate surface area is 182 Å². The van der Waals surface area contributed by atoms with Gasteiger partial charge in [-0.25, -0.2) is 12.8 Å². The molecular formula is C19H19ClFN3O4S2. The second kappa shape index (κ2) is 9.34. The number of carbonyl (C=O) groups excluding carboxylic acids is 2. The van der Waals surface area contributed by atoms with Gasteiger partial charge in [0.15, 0.2) is 15.1 Å². The summed E-state index contributed by atoms with van der Waals surface area (Å²) in [6.07, 6.45) is 0. The Morgan fingerprint density at radius 3 is 2.60 bits per heavy atom. The zero-order chi connectivity index (χ0) is 21.9. The number of sulfone groups is 1. The van der Waals surface area contributed by atoms with E-state index >= 15 is 0 Å². The summed E-state index contributed by atoms with van der Waals surface area (Å²) in [6.45, 7) is 1.52. The van der Waals surface area contributed by atoms with Gasteiger partial charge in [-0.05, 0) is 48.9 Å². The van der Waals surface area contributed by atoms with Crippen LogP contribution in [0.15, 0.2) is 47.4 Å². The van der Waals surface area contributed by atoms with E-state index in [1.807, 2.05) is 0 Å². The molecule has 1 heterocycles. The summed E-state index contributed by atoms with van der Waals surface area (Å²) in [6, 6.07) is 9.97. The van der Waals surface area contributed by atoms with Crippen molar-refractivity contribution in [2.24, 2.45) is 0 Å². The molecule has 1 fully saturated rings. The number of aryl methyl sites for hydroxylation is 1. The number of halogens is 2. The number of nitrogens with one attached hydrogen (secondary N) is 3. The Hall–Kier alpha value is -2.14. The Kier molecular flexibility index (Phi) is 7.02. The molecule has 7 nitrogen and oxygen atoms in total. The predicted octanol–water partition coefficient (Wildman–Crippen LogP) is 2.30. The van der Waals surface area contributed by atoms with Crippen LogP contribution in [0, 0.1) is 12.7 Å². The highest BCUT2D eigenvalue weighted by Crippen LogP contribution is 2.22. The average Bonchev–Trinajstić information content (AvgIpc) is 2.69. The summed E-state index contributed by atoms with van der Waals surface area (Å²) < 4.78 is 38.9. The molecule has 0 aliphatic carbocycles. The fourth-order valence-corrected chi connectivity index (χ4v) is 5.19. The van der Waals surface area contributed by atoms with Crippen molar-refractivity contribution in [1.82, 2.24) is 10.6 Å². The summed E-state index contributed by atoms with van der Waals surface area (Å²) >= 11 is 6.87. The van der Waals surface area contributed by atoms with Gasteiger partial charge in [-0.15, -0.1) is 11.8 Å². The highest BCUT2D eigenvalue weighted by molar-refractivity contribution is 8.00. The van der Waals surface area contributed by atoms with Gasteiger partial charge in [-0.2, -0.15) is 0 Å². The van der Waals surface area contributed by atoms with Crippen molar-refractivity contribution in [1.29, 1.82) is 0 Å². The highest BCUT2D eigenvalue weighted by Gasteiger charge is 2.38. The maximum atomic E-state index is 13.6. The number of rotatable bonds is 6. The van der Waals surface area contributed by atoms with Crippen molar-refractivity contribution in [3.05, 3.63) is 58.9 Å². The third-order valence-corrected chi connectivity index (χ3v) is 7.77. The van der Waals surface area contributed by atoms with Crippen LogP contribution in [0.25, 0.3) is 0 Å². The maximum Gasteiger partial charge on any atom is 0.241 e. The molecular weight excluding hydrogens is 453 g/mol. The van der Waals surface area contributed by atoms with Gasteiger partial charge >= 0.3 is 0 Å². The molecule has 3 rings (SSSR count). The summed E-state index contributed by atoms with van der Waals surface area (Å²) in [5.41, 5.74) is 0.174. The molecule has 1 saturated heterocycles. The van der Waals surface area contributed by atoms with Crippen molar-refractivity contribution >= 4 is 50.7 Å². The number of hydrogen-bond donors (Lipinski definition) is 3. The van der Waals surface area contributed by atoms with Gasteiger partial charge in [0.05, 0.1) is 10.6 Å². The second-order valence-corrected chi connectivity index (χ2v) is 10.3. The van der Waals surface area contributed by atoms with Crippen molar-refractivity contribution in [3.63, 3.8) is 0 Å². The lowest BCUT2D eigenvalue weighted by Gasteiger charge is -2.29. The first-order valence-electron chi connectivity index (χ1n) is 8.87. The van der Waals surface area contributed by atoms with Crippen LogP contribution in [-0.4, -0.2) is 43.3 Å². The van der Waals surface area contributed by atoms with E-state index in [9.17, 15) is 22.4 Å². The molecule has 0 bridgehead atoms. The van der Waals surface area contributed by atoms with Gasteiger partial charge in [0.25, 0.3) is 0 Å². The van der Waals surface area contributed by atoms with Crippen LogP contribution in [0.2, 0.25) is 5.02 Å². The molecule has 2 aromatic carbocycles. The summed E-state index contributed by atoms with van der Waals surface area (Å²) in [5.74, 6) is -1.48. The van der Waals surface area contributed by atoms with Crippen LogP contribution in [0.5, 0.6) is 0 Å². The molecule has 1 aliphatic heterocycles. The normalized spacial score (nSPS) is 19.2. The van der Waals surface area contributed by atoms with Crippen LogP contribution in [0.3, 0.4) is 0 Å². The van der Waals surface area contributed by atoms with Gasteiger partial charge in [0.2, 0.25) is 11.8 Å². The molecule has 2 atom stereocenters. The summed E-state index contributed by atoms with van der Waals surface area (Å²) in [5, 5.41) is 7.14. The molecule has 11 heteroatoms. The summed E-state index contributed by atoms with van der Waals surface area (Å²) in [4.78, 5) is 24.5. The van der Waals surface area contributed by atoms with Crippen molar-refractivity contribution in [2.45, 2.75) is 22.6 Å². The van der Waals surface area contributed by atoms with Gasteiger partial charge in [0.1, 0.15) is 11.3 Å². The monoisotopic (exact) mass is 471 g/mol.